The van der Waals surface area contributed by atoms with Crippen LogP contribution < -0.4 is 5.73 Å². The molecular weight excluding hydrogens is 237 g/mol. The molecule has 1 heterocycles. The van der Waals surface area contributed by atoms with Gasteiger partial charge in [0, 0.05) is 18.2 Å². The second kappa shape index (κ2) is 5.62. The van der Waals surface area contributed by atoms with Gasteiger partial charge in [0.15, 0.2) is 0 Å². The summed E-state index contributed by atoms with van der Waals surface area (Å²) in [6.45, 7) is -0.232. The second-order valence-electron chi connectivity index (χ2n) is 3.21. The zero-order valence-corrected chi connectivity index (χ0v) is 9.04. The van der Waals surface area contributed by atoms with Gasteiger partial charge in [0.05, 0.1) is 19.2 Å². The van der Waals surface area contributed by atoms with Gasteiger partial charge in [0.2, 0.25) is 0 Å². The predicted molar refractivity (Wildman–Crippen MR) is 52.8 cm³/mol. The first kappa shape index (κ1) is 13.4. The largest absolute Gasteiger partial charge is 0.469 e. The number of pyridine rings is 1. The summed E-state index contributed by atoms with van der Waals surface area (Å²) in [7, 11) is 1.14. The molecule has 0 amide bonds. The number of rotatable bonds is 4. The van der Waals surface area contributed by atoms with Crippen LogP contribution in [0.15, 0.2) is 6.07 Å². The third-order valence-corrected chi connectivity index (χ3v) is 2.14. The van der Waals surface area contributed by atoms with Gasteiger partial charge in [-0.3, -0.25) is 4.79 Å². The summed E-state index contributed by atoms with van der Waals surface area (Å²) < 4.78 is 42.6. The fourth-order valence-corrected chi connectivity index (χ4v) is 1.29. The van der Waals surface area contributed by atoms with Crippen LogP contribution in [-0.2, 0) is 22.5 Å². The van der Waals surface area contributed by atoms with Gasteiger partial charge in [-0.25, -0.2) is 18.2 Å². The number of methoxy groups -OCH3 is 1. The lowest BCUT2D eigenvalue weighted by atomic mass is 10.1. The molecule has 0 radical (unpaired) electrons. The van der Waals surface area contributed by atoms with E-state index in [9.17, 15) is 18.0 Å². The van der Waals surface area contributed by atoms with Crippen LogP contribution >= 0.6 is 0 Å². The number of carbonyl (C=O) groups excluding carboxylic acids is 1. The second-order valence-corrected chi connectivity index (χ2v) is 3.21. The van der Waals surface area contributed by atoms with Gasteiger partial charge in [-0.2, -0.15) is 0 Å². The lowest BCUT2D eigenvalue weighted by Crippen LogP contribution is -2.14. The zero-order chi connectivity index (χ0) is 13.0. The molecule has 0 aromatic carbocycles. The van der Waals surface area contributed by atoms with Crippen LogP contribution in [0, 0.1) is 5.82 Å². The fourth-order valence-electron chi connectivity index (χ4n) is 1.29. The molecule has 0 atom stereocenters. The van der Waals surface area contributed by atoms with Gasteiger partial charge < -0.3 is 10.5 Å². The van der Waals surface area contributed by atoms with Gasteiger partial charge in [-0.15, -0.1) is 0 Å². The van der Waals surface area contributed by atoms with Gasteiger partial charge in [0.1, 0.15) is 11.5 Å². The van der Waals surface area contributed by atoms with Crippen molar-refractivity contribution in [3.05, 3.63) is 28.8 Å². The average Bonchev–Trinajstić information content (AvgIpc) is 2.30. The van der Waals surface area contributed by atoms with Crippen molar-refractivity contribution < 1.29 is 22.7 Å². The van der Waals surface area contributed by atoms with Crippen molar-refractivity contribution >= 4 is 5.97 Å². The van der Waals surface area contributed by atoms with E-state index in [1.807, 2.05) is 0 Å². The SMILES string of the molecule is COC(=O)Cc1c(F)cc(C(F)F)nc1CN. The predicted octanol–water partition coefficient (Wildman–Crippen LogP) is 1.33. The molecule has 0 spiro atoms. The summed E-state index contributed by atoms with van der Waals surface area (Å²) >= 11 is 0. The molecule has 0 aliphatic rings. The van der Waals surface area contributed by atoms with Crippen molar-refractivity contribution in [2.24, 2.45) is 5.73 Å². The Morgan fingerprint density at radius 3 is 2.71 bits per heavy atom. The topological polar surface area (TPSA) is 65.2 Å². The number of nitrogens with two attached hydrogens (primary N) is 1. The lowest BCUT2D eigenvalue weighted by Gasteiger charge is -2.09. The summed E-state index contributed by atoms with van der Waals surface area (Å²) in [5, 5.41) is 0. The molecular formula is C10H11F3N2O2. The lowest BCUT2D eigenvalue weighted by molar-refractivity contribution is -0.139. The molecule has 7 heteroatoms. The van der Waals surface area contributed by atoms with Crippen molar-refractivity contribution in [2.45, 2.75) is 19.4 Å². The van der Waals surface area contributed by atoms with E-state index in [1.165, 1.54) is 0 Å². The molecule has 17 heavy (non-hydrogen) atoms. The minimum atomic E-state index is -2.89. The minimum Gasteiger partial charge on any atom is -0.469 e. The van der Waals surface area contributed by atoms with Crippen LogP contribution in [0.25, 0.3) is 0 Å². The minimum absolute atomic E-state index is 0.0642. The monoisotopic (exact) mass is 248 g/mol. The number of carbonyl (C=O) groups is 1. The smallest absolute Gasteiger partial charge is 0.310 e. The molecule has 0 saturated heterocycles. The normalized spacial score (nSPS) is 10.7. The third kappa shape index (κ3) is 3.16. The molecule has 94 valence electrons. The van der Waals surface area contributed by atoms with Gasteiger partial charge >= 0.3 is 5.97 Å². The molecule has 0 saturated carbocycles. The Morgan fingerprint density at radius 2 is 2.24 bits per heavy atom. The number of halogens is 3. The highest BCUT2D eigenvalue weighted by molar-refractivity contribution is 5.72. The molecule has 0 bridgehead atoms. The van der Waals surface area contributed by atoms with E-state index in [4.69, 9.17) is 5.73 Å². The summed E-state index contributed by atoms with van der Waals surface area (Å²) in [5.41, 5.74) is 4.41. The van der Waals surface area contributed by atoms with E-state index in [1.54, 1.807) is 0 Å². The Kier molecular flexibility index (Phi) is 4.45. The Labute approximate surface area is 95.6 Å². The standard InChI is InChI=1S/C10H11F3N2O2/c1-17-9(16)2-5-6(11)3-7(10(12)13)15-8(5)4-14/h3,10H,2,4,14H2,1H3. The van der Waals surface area contributed by atoms with Crippen LogP contribution in [0.1, 0.15) is 23.4 Å². The van der Waals surface area contributed by atoms with Crippen LogP contribution in [0.5, 0.6) is 0 Å². The molecule has 2 N–H and O–H groups in total. The van der Waals surface area contributed by atoms with Crippen LogP contribution in [0.3, 0.4) is 0 Å². The summed E-state index contributed by atoms with van der Waals surface area (Å²) in [6, 6.07) is 0.599. The van der Waals surface area contributed by atoms with Crippen molar-refractivity contribution in [1.29, 1.82) is 0 Å². The maximum absolute atomic E-state index is 13.5. The van der Waals surface area contributed by atoms with Crippen molar-refractivity contribution in [1.82, 2.24) is 4.98 Å². The van der Waals surface area contributed by atoms with Gasteiger partial charge in [0.25, 0.3) is 6.43 Å². The summed E-state index contributed by atoms with van der Waals surface area (Å²) in [5.74, 6) is -1.62. The Bertz CT molecular complexity index is 424. The Hall–Kier alpha value is -1.63. The molecule has 0 unspecified atom stereocenters. The number of nitrogens with zero attached hydrogens (tertiary/aromatic N) is 1. The zero-order valence-electron chi connectivity index (χ0n) is 9.04. The molecule has 1 aromatic rings. The number of aromatic nitrogens is 1. The van der Waals surface area contributed by atoms with Gasteiger partial charge in [-0.05, 0) is 0 Å². The van der Waals surface area contributed by atoms with Crippen LogP contribution in [0.2, 0.25) is 0 Å². The fraction of sp³-hybridized carbons (Fsp3) is 0.400. The van der Waals surface area contributed by atoms with E-state index >= 15 is 0 Å². The molecule has 0 aliphatic heterocycles. The summed E-state index contributed by atoms with van der Waals surface area (Å²) in [6.07, 6.45) is -3.27. The highest BCUT2D eigenvalue weighted by Gasteiger charge is 2.19. The molecule has 0 fully saturated rings. The van der Waals surface area contributed by atoms with E-state index < -0.39 is 23.9 Å². The number of ether oxygens (including phenoxy) is 1. The number of esters is 1. The van der Waals surface area contributed by atoms with E-state index in [2.05, 4.69) is 9.72 Å². The van der Waals surface area contributed by atoms with E-state index in [0.29, 0.717) is 6.07 Å². The van der Waals surface area contributed by atoms with Crippen LogP contribution in [-0.4, -0.2) is 18.1 Å². The molecule has 1 rings (SSSR count). The van der Waals surface area contributed by atoms with Gasteiger partial charge in [-0.1, -0.05) is 0 Å². The van der Waals surface area contributed by atoms with Crippen molar-refractivity contribution in [2.75, 3.05) is 7.11 Å². The van der Waals surface area contributed by atoms with Crippen molar-refractivity contribution in [3.8, 4) is 0 Å². The number of alkyl halides is 2. The Balaban J connectivity index is 3.16. The maximum atomic E-state index is 13.5. The van der Waals surface area contributed by atoms with E-state index in [-0.39, 0.29) is 24.2 Å². The highest BCUT2D eigenvalue weighted by atomic mass is 19.3. The quantitative estimate of drug-likeness (QED) is 0.816. The number of hydrogen-bond donors (Lipinski definition) is 1. The van der Waals surface area contributed by atoms with Crippen LogP contribution in [0.4, 0.5) is 13.2 Å². The maximum Gasteiger partial charge on any atom is 0.310 e. The highest BCUT2D eigenvalue weighted by Crippen LogP contribution is 2.21. The summed E-state index contributed by atoms with van der Waals surface area (Å²) in [4.78, 5) is 14.5. The molecule has 0 aliphatic carbocycles. The van der Waals surface area contributed by atoms with Crippen molar-refractivity contribution in [3.63, 3.8) is 0 Å². The average molecular weight is 248 g/mol. The van der Waals surface area contributed by atoms with E-state index in [0.717, 1.165) is 7.11 Å². The first-order valence-corrected chi connectivity index (χ1v) is 4.72. The third-order valence-electron chi connectivity index (χ3n) is 2.14. The first-order valence-electron chi connectivity index (χ1n) is 4.72. The number of hydrogen-bond acceptors (Lipinski definition) is 4. The molecule has 1 aromatic heterocycles. The first-order chi connectivity index (χ1) is 7.99. The molecule has 4 nitrogen and oxygen atoms in total. The Morgan fingerprint density at radius 1 is 1.59 bits per heavy atom.